The number of allylic oxidation sites excluding steroid dienone is 2. The minimum Gasteiger partial charge on any atom is -0.393 e. The number of aliphatic hydroxyl groups is 1. The monoisotopic (exact) mass is 763 g/mol. The quantitative estimate of drug-likeness (QED) is 0.183. The molecule has 3 amide bonds. The lowest BCUT2D eigenvalue weighted by Crippen LogP contribution is -2.53. The summed E-state index contributed by atoms with van der Waals surface area (Å²) < 4.78 is 6.72. The number of carbonyl (C=O) groups is 3. The molecule has 9 heteroatoms. The lowest BCUT2D eigenvalue weighted by molar-refractivity contribution is -0.145. The maximum absolute atomic E-state index is 13.2. The summed E-state index contributed by atoms with van der Waals surface area (Å²) in [5.41, 5.74) is 3.78. The van der Waals surface area contributed by atoms with Crippen molar-refractivity contribution in [3.63, 3.8) is 0 Å². The van der Waals surface area contributed by atoms with Crippen LogP contribution in [0.5, 0.6) is 0 Å². The molecule has 8 aliphatic rings. The molecular weight excluding hydrogens is 689 g/mol. The highest BCUT2D eigenvalue weighted by Crippen LogP contribution is 2.46. The van der Waals surface area contributed by atoms with E-state index in [1.54, 1.807) is 4.90 Å². The van der Waals surface area contributed by atoms with E-state index >= 15 is 0 Å². The molecule has 0 aromatic carbocycles. The fraction of sp³-hybridized carbons (Fsp3) is 0.891. The summed E-state index contributed by atoms with van der Waals surface area (Å²) in [7, 11) is 0. The van der Waals surface area contributed by atoms with Gasteiger partial charge < -0.3 is 24.5 Å². The van der Waals surface area contributed by atoms with E-state index in [0.29, 0.717) is 25.5 Å². The van der Waals surface area contributed by atoms with Gasteiger partial charge in [-0.3, -0.25) is 19.7 Å². The number of ether oxygens (including phenoxy) is 1. The third kappa shape index (κ3) is 9.41. The second-order valence-electron chi connectivity index (χ2n) is 19.6. The van der Waals surface area contributed by atoms with Crippen LogP contribution in [0.2, 0.25) is 0 Å². The summed E-state index contributed by atoms with van der Waals surface area (Å²) in [5, 5.41) is 12.8. The first kappa shape index (κ1) is 40.0. The second-order valence-corrected chi connectivity index (χ2v) is 19.6. The van der Waals surface area contributed by atoms with Gasteiger partial charge in [0.25, 0.3) is 0 Å². The number of likely N-dealkylation sites (tertiary alicyclic amines) is 3. The van der Waals surface area contributed by atoms with Crippen molar-refractivity contribution in [3.05, 3.63) is 11.1 Å². The molecule has 8 rings (SSSR count). The fourth-order valence-corrected chi connectivity index (χ4v) is 13.2. The highest BCUT2D eigenvalue weighted by atomic mass is 16.5. The number of aliphatic hydroxyl groups excluding tert-OH is 1. The zero-order valence-electron chi connectivity index (χ0n) is 34.3. The third-order valence-corrected chi connectivity index (χ3v) is 16.3. The Bertz CT molecular complexity index is 1350. The van der Waals surface area contributed by atoms with Gasteiger partial charge in [0.05, 0.1) is 18.3 Å². The number of fused-ring (bicyclic) bond motifs is 1. The summed E-state index contributed by atoms with van der Waals surface area (Å²) in [6.45, 7) is 9.12. The number of piperidine rings is 3. The van der Waals surface area contributed by atoms with Gasteiger partial charge in [-0.25, -0.2) is 0 Å². The number of hydrogen-bond acceptors (Lipinski definition) is 7. The number of amides is 3. The molecule has 308 valence electrons. The van der Waals surface area contributed by atoms with Gasteiger partial charge in [0.2, 0.25) is 17.7 Å². The molecule has 0 aromatic heterocycles. The normalized spacial score (nSPS) is 37.5. The Kier molecular flexibility index (Phi) is 13.4. The predicted molar refractivity (Wildman–Crippen MR) is 215 cm³/mol. The first-order chi connectivity index (χ1) is 26.8. The molecule has 4 saturated heterocycles. The van der Waals surface area contributed by atoms with Crippen molar-refractivity contribution in [2.24, 2.45) is 35.5 Å². The van der Waals surface area contributed by atoms with Gasteiger partial charge in [-0.2, -0.15) is 0 Å². The molecule has 55 heavy (non-hydrogen) atoms. The molecule has 4 aliphatic heterocycles. The molecule has 0 spiro atoms. The van der Waals surface area contributed by atoms with Gasteiger partial charge in [0.1, 0.15) is 6.04 Å². The molecule has 0 aromatic rings. The van der Waals surface area contributed by atoms with E-state index in [0.717, 1.165) is 87.7 Å². The van der Waals surface area contributed by atoms with Crippen molar-refractivity contribution in [1.82, 2.24) is 20.0 Å². The zero-order chi connectivity index (χ0) is 37.9. The first-order valence-electron chi connectivity index (χ1n) is 23.5. The number of nitrogens with zero attached hydrogens (tertiary/aromatic N) is 3. The number of nitrogens with one attached hydrogen (secondary N) is 1. The molecule has 9 nitrogen and oxygen atoms in total. The SMILES string of the molecule is CC/C(=C(\C1CCC(O)CC1)C1CCC(N2CCC(CN3CCC(OC4CCC5C(=O)N(C6CCC(=O)NC6=O)CC5C4)CC3)CC2)CC1)C1CCCCC1. The molecule has 4 unspecified atom stereocenters. The van der Waals surface area contributed by atoms with Gasteiger partial charge >= 0.3 is 0 Å². The Balaban J connectivity index is 0.750. The molecule has 4 saturated carbocycles. The van der Waals surface area contributed by atoms with Crippen LogP contribution < -0.4 is 5.32 Å². The van der Waals surface area contributed by atoms with Crippen LogP contribution in [0.4, 0.5) is 0 Å². The van der Waals surface area contributed by atoms with Crippen LogP contribution in [0.25, 0.3) is 0 Å². The number of hydrogen-bond donors (Lipinski definition) is 2. The molecule has 4 atom stereocenters. The van der Waals surface area contributed by atoms with Gasteiger partial charge in [0.15, 0.2) is 0 Å². The highest BCUT2D eigenvalue weighted by molar-refractivity contribution is 6.02. The van der Waals surface area contributed by atoms with Gasteiger partial charge in [-0.1, -0.05) is 37.3 Å². The van der Waals surface area contributed by atoms with E-state index in [-0.39, 0.29) is 41.8 Å². The maximum atomic E-state index is 13.2. The molecular formula is C46H74N4O5. The largest absolute Gasteiger partial charge is 0.393 e. The van der Waals surface area contributed by atoms with E-state index in [1.807, 2.05) is 11.1 Å². The van der Waals surface area contributed by atoms with Crippen LogP contribution >= 0.6 is 0 Å². The molecule has 0 radical (unpaired) electrons. The Morgan fingerprint density at radius 3 is 2.09 bits per heavy atom. The average molecular weight is 763 g/mol. The Morgan fingerprint density at radius 2 is 1.42 bits per heavy atom. The summed E-state index contributed by atoms with van der Waals surface area (Å²) in [6, 6.07) is 0.285. The van der Waals surface area contributed by atoms with Crippen LogP contribution in [0.3, 0.4) is 0 Å². The van der Waals surface area contributed by atoms with Crippen LogP contribution in [0.1, 0.15) is 155 Å². The Morgan fingerprint density at radius 1 is 0.727 bits per heavy atom. The summed E-state index contributed by atoms with van der Waals surface area (Å²) in [6.07, 6.45) is 27.1. The molecule has 2 N–H and O–H groups in total. The van der Waals surface area contributed by atoms with Crippen molar-refractivity contribution >= 4 is 17.7 Å². The van der Waals surface area contributed by atoms with Crippen molar-refractivity contribution < 1.29 is 24.2 Å². The van der Waals surface area contributed by atoms with E-state index in [1.165, 1.54) is 110 Å². The number of rotatable bonds is 10. The average Bonchev–Trinajstić information content (AvgIpc) is 3.53. The minimum atomic E-state index is -0.490. The van der Waals surface area contributed by atoms with Crippen molar-refractivity contribution in [3.8, 4) is 0 Å². The smallest absolute Gasteiger partial charge is 0.249 e. The maximum Gasteiger partial charge on any atom is 0.249 e. The van der Waals surface area contributed by atoms with Gasteiger partial charge in [-0.15, -0.1) is 0 Å². The Labute approximate surface area is 332 Å². The van der Waals surface area contributed by atoms with E-state index in [9.17, 15) is 19.5 Å². The van der Waals surface area contributed by atoms with Gasteiger partial charge in [0, 0.05) is 44.6 Å². The van der Waals surface area contributed by atoms with Crippen LogP contribution in [-0.4, -0.2) is 107 Å². The summed E-state index contributed by atoms with van der Waals surface area (Å²) >= 11 is 0. The van der Waals surface area contributed by atoms with Crippen LogP contribution in [-0.2, 0) is 19.1 Å². The highest BCUT2D eigenvalue weighted by Gasteiger charge is 2.48. The van der Waals surface area contributed by atoms with Crippen LogP contribution in [0, 0.1) is 35.5 Å². The Hall–Kier alpha value is -1.81. The minimum absolute atomic E-state index is 0.00590. The summed E-state index contributed by atoms with van der Waals surface area (Å²) in [4.78, 5) is 44.7. The van der Waals surface area contributed by atoms with Crippen LogP contribution in [0.15, 0.2) is 11.1 Å². The van der Waals surface area contributed by atoms with E-state index in [4.69, 9.17) is 4.74 Å². The van der Waals surface area contributed by atoms with Crippen molar-refractivity contribution in [2.75, 3.05) is 39.3 Å². The molecule has 4 aliphatic carbocycles. The zero-order valence-corrected chi connectivity index (χ0v) is 34.3. The van der Waals surface area contributed by atoms with Gasteiger partial charge in [-0.05, 0) is 165 Å². The predicted octanol–water partition coefficient (Wildman–Crippen LogP) is 7.01. The van der Waals surface area contributed by atoms with E-state index < -0.39 is 6.04 Å². The fourth-order valence-electron chi connectivity index (χ4n) is 13.2. The lowest BCUT2D eigenvalue weighted by Gasteiger charge is -2.44. The second kappa shape index (κ2) is 18.4. The molecule has 4 heterocycles. The van der Waals surface area contributed by atoms with Crippen molar-refractivity contribution in [1.29, 1.82) is 0 Å². The molecule has 0 bridgehead atoms. The lowest BCUT2D eigenvalue weighted by atomic mass is 9.67. The first-order valence-corrected chi connectivity index (χ1v) is 23.5. The standard InChI is InChI=1S/C46H74N4O5/c1-2-40(32-6-4-3-5-7-32)44(34-10-14-37(51)15-11-34)33-8-12-36(13-9-33)49-26-20-31(21-27-49)29-48-24-22-38(23-25-48)55-39-16-17-41-35(28-39)30-50(46(41)54)42-18-19-43(52)47-45(42)53/h31-39,41-42,51H,2-30H2,1H3,(H,47,52,53)/b44-40+. The molecule has 8 fully saturated rings. The van der Waals surface area contributed by atoms with E-state index in [2.05, 4.69) is 22.0 Å². The topological polar surface area (TPSA) is 102 Å². The number of imide groups is 1. The van der Waals surface area contributed by atoms with Crippen molar-refractivity contribution in [2.45, 2.75) is 185 Å². The number of carbonyl (C=O) groups excluding carboxylic acids is 3. The summed E-state index contributed by atoms with van der Waals surface area (Å²) in [5.74, 6) is 3.00. The third-order valence-electron chi connectivity index (χ3n) is 16.3.